The average molecular weight is 224 g/mol. The summed E-state index contributed by atoms with van der Waals surface area (Å²) in [6.07, 6.45) is 0. The van der Waals surface area contributed by atoms with Gasteiger partial charge < -0.3 is 10.2 Å². The second kappa shape index (κ2) is 3.40. The van der Waals surface area contributed by atoms with Crippen molar-refractivity contribution in [1.29, 1.82) is 0 Å². The number of amides is 1. The third-order valence-electron chi connectivity index (χ3n) is 1.93. The number of benzene rings is 1. The lowest BCUT2D eigenvalue weighted by Gasteiger charge is -1.99. The molecule has 5 heteroatoms. The molecule has 0 aliphatic carbocycles. The van der Waals surface area contributed by atoms with Gasteiger partial charge in [-0.1, -0.05) is 11.6 Å². The highest BCUT2D eigenvalue weighted by Gasteiger charge is 2.08. The van der Waals surface area contributed by atoms with Crippen LogP contribution in [0.5, 0.6) is 0 Å². The third-order valence-corrected chi connectivity index (χ3v) is 2.17. The van der Waals surface area contributed by atoms with Crippen LogP contribution in [0, 0.1) is 0 Å². The lowest BCUT2D eigenvalue weighted by Crippen LogP contribution is -2.14. The van der Waals surface area contributed by atoms with Gasteiger partial charge in [-0.2, -0.15) is 0 Å². The van der Waals surface area contributed by atoms with Crippen LogP contribution in [0.2, 0.25) is 5.02 Å². The van der Waals surface area contributed by atoms with Crippen LogP contribution in [0.25, 0.3) is 11.0 Å². The summed E-state index contributed by atoms with van der Waals surface area (Å²) in [5.41, 5.74) is 4.96. The Bertz CT molecular complexity index is 603. The highest BCUT2D eigenvalue weighted by Crippen LogP contribution is 2.17. The second-order valence-electron chi connectivity index (χ2n) is 2.98. The molecule has 0 aliphatic heterocycles. The molecule has 1 heterocycles. The molecule has 0 unspecified atom stereocenters. The molecule has 0 fully saturated rings. The smallest absolute Gasteiger partial charge is 0.284 e. The Morgan fingerprint density at radius 1 is 1.33 bits per heavy atom. The van der Waals surface area contributed by atoms with Crippen LogP contribution in [0.1, 0.15) is 10.6 Å². The highest BCUT2D eigenvalue weighted by molar-refractivity contribution is 6.31. The number of primary amides is 1. The number of carbonyl (C=O) groups excluding carboxylic acids is 1. The quantitative estimate of drug-likeness (QED) is 0.797. The molecule has 0 saturated carbocycles. The van der Waals surface area contributed by atoms with Crippen LogP contribution in [-0.2, 0) is 0 Å². The number of hydrogen-bond donors (Lipinski definition) is 1. The van der Waals surface area contributed by atoms with Gasteiger partial charge in [0.2, 0.25) is 0 Å². The third kappa shape index (κ3) is 1.71. The van der Waals surface area contributed by atoms with Gasteiger partial charge in [-0.15, -0.1) is 0 Å². The van der Waals surface area contributed by atoms with Gasteiger partial charge in [0.05, 0.1) is 5.39 Å². The van der Waals surface area contributed by atoms with Crippen molar-refractivity contribution in [3.05, 3.63) is 45.3 Å². The van der Waals surface area contributed by atoms with Crippen LogP contribution in [0.4, 0.5) is 0 Å². The predicted octanol–water partition coefficient (Wildman–Crippen LogP) is 1.55. The Kier molecular flexibility index (Phi) is 2.21. The van der Waals surface area contributed by atoms with Gasteiger partial charge in [0.15, 0.2) is 11.2 Å². The van der Waals surface area contributed by atoms with Gasteiger partial charge in [-0.3, -0.25) is 9.59 Å². The number of carbonyl (C=O) groups is 1. The Morgan fingerprint density at radius 2 is 2.07 bits per heavy atom. The molecule has 2 aromatic rings. The van der Waals surface area contributed by atoms with Crippen LogP contribution >= 0.6 is 11.6 Å². The Labute approximate surface area is 89.2 Å². The molecule has 2 N–H and O–H groups in total. The maximum Gasteiger partial charge on any atom is 0.284 e. The minimum atomic E-state index is -0.774. The molecule has 2 rings (SSSR count). The Morgan fingerprint density at radius 3 is 2.73 bits per heavy atom. The first-order valence-electron chi connectivity index (χ1n) is 4.11. The van der Waals surface area contributed by atoms with Gasteiger partial charge in [0, 0.05) is 11.1 Å². The monoisotopic (exact) mass is 223 g/mol. The van der Waals surface area contributed by atoms with E-state index in [2.05, 4.69) is 0 Å². The van der Waals surface area contributed by atoms with E-state index in [1.807, 2.05) is 0 Å². The topological polar surface area (TPSA) is 73.3 Å². The van der Waals surface area contributed by atoms with E-state index in [4.69, 9.17) is 21.8 Å². The summed E-state index contributed by atoms with van der Waals surface area (Å²) in [5.74, 6) is -0.932. The van der Waals surface area contributed by atoms with Gasteiger partial charge in [0.1, 0.15) is 5.58 Å². The van der Waals surface area contributed by atoms with Crippen LogP contribution < -0.4 is 11.2 Å². The molecular formula is C10H6ClNO3. The molecule has 76 valence electrons. The summed E-state index contributed by atoms with van der Waals surface area (Å²) in [6, 6.07) is 5.62. The number of rotatable bonds is 1. The van der Waals surface area contributed by atoms with Crippen LogP contribution in [-0.4, -0.2) is 5.91 Å². The molecule has 1 aromatic heterocycles. The van der Waals surface area contributed by atoms with E-state index < -0.39 is 5.91 Å². The van der Waals surface area contributed by atoms with E-state index in [9.17, 15) is 9.59 Å². The largest absolute Gasteiger partial charge is 0.451 e. The number of hydrogen-bond acceptors (Lipinski definition) is 3. The fraction of sp³-hybridized carbons (Fsp3) is 0. The zero-order valence-corrected chi connectivity index (χ0v) is 8.25. The Hall–Kier alpha value is -1.81. The van der Waals surface area contributed by atoms with Crippen molar-refractivity contribution in [3.63, 3.8) is 0 Å². The van der Waals surface area contributed by atoms with E-state index >= 15 is 0 Å². The minimum absolute atomic E-state index is 0.158. The molecule has 15 heavy (non-hydrogen) atoms. The summed E-state index contributed by atoms with van der Waals surface area (Å²) in [4.78, 5) is 22.4. The number of nitrogens with two attached hydrogens (primary N) is 1. The normalized spacial score (nSPS) is 10.5. The first kappa shape index (κ1) is 9.73. The van der Waals surface area contributed by atoms with E-state index in [1.165, 1.54) is 12.1 Å². The van der Waals surface area contributed by atoms with Gasteiger partial charge in [-0.05, 0) is 18.2 Å². The zero-order chi connectivity index (χ0) is 11.0. The maximum absolute atomic E-state index is 11.5. The standard InChI is InChI=1S/C10H6ClNO3/c11-5-1-2-8-6(3-5)7(13)4-9(15-8)10(12)14/h1-4H,(H2,12,14). The average Bonchev–Trinajstić information content (AvgIpc) is 2.18. The maximum atomic E-state index is 11.5. The highest BCUT2D eigenvalue weighted by atomic mass is 35.5. The zero-order valence-electron chi connectivity index (χ0n) is 7.49. The molecule has 1 aromatic carbocycles. The van der Waals surface area contributed by atoms with E-state index in [0.29, 0.717) is 16.0 Å². The molecule has 0 aliphatic rings. The number of halogens is 1. The van der Waals surface area contributed by atoms with Crippen LogP contribution in [0.3, 0.4) is 0 Å². The molecule has 0 atom stereocenters. The van der Waals surface area contributed by atoms with Crippen molar-refractivity contribution in [2.75, 3.05) is 0 Å². The summed E-state index contributed by atoms with van der Waals surface area (Å²) in [6.45, 7) is 0. The van der Waals surface area contributed by atoms with Crippen molar-refractivity contribution in [3.8, 4) is 0 Å². The van der Waals surface area contributed by atoms with E-state index in [1.54, 1.807) is 6.07 Å². The molecule has 0 spiro atoms. The van der Waals surface area contributed by atoms with Crippen molar-refractivity contribution < 1.29 is 9.21 Å². The molecule has 0 bridgehead atoms. The molecular weight excluding hydrogens is 218 g/mol. The lowest BCUT2D eigenvalue weighted by atomic mass is 10.2. The first-order chi connectivity index (χ1) is 7.08. The van der Waals surface area contributed by atoms with Crippen LogP contribution in [0.15, 0.2) is 33.5 Å². The minimum Gasteiger partial charge on any atom is -0.451 e. The fourth-order valence-corrected chi connectivity index (χ4v) is 1.42. The van der Waals surface area contributed by atoms with Crippen molar-refractivity contribution in [2.45, 2.75) is 0 Å². The fourth-order valence-electron chi connectivity index (χ4n) is 1.25. The van der Waals surface area contributed by atoms with Gasteiger partial charge in [0.25, 0.3) is 5.91 Å². The molecule has 0 radical (unpaired) electrons. The van der Waals surface area contributed by atoms with Crippen molar-refractivity contribution >= 4 is 28.5 Å². The molecule has 1 amide bonds. The lowest BCUT2D eigenvalue weighted by molar-refractivity contribution is 0.0974. The summed E-state index contributed by atoms with van der Waals surface area (Å²) in [7, 11) is 0. The summed E-state index contributed by atoms with van der Waals surface area (Å²) in [5, 5.41) is 0.758. The van der Waals surface area contributed by atoms with Gasteiger partial charge >= 0.3 is 0 Å². The number of fused-ring (bicyclic) bond motifs is 1. The predicted molar refractivity (Wildman–Crippen MR) is 56.0 cm³/mol. The van der Waals surface area contributed by atoms with Crippen molar-refractivity contribution in [2.24, 2.45) is 5.73 Å². The van der Waals surface area contributed by atoms with E-state index in [-0.39, 0.29) is 11.2 Å². The van der Waals surface area contributed by atoms with Gasteiger partial charge in [-0.25, -0.2) is 0 Å². The molecule has 4 nitrogen and oxygen atoms in total. The van der Waals surface area contributed by atoms with E-state index in [0.717, 1.165) is 6.07 Å². The molecule has 0 saturated heterocycles. The SMILES string of the molecule is NC(=O)c1cc(=O)c2cc(Cl)ccc2o1. The summed E-state index contributed by atoms with van der Waals surface area (Å²) >= 11 is 5.72. The second-order valence-corrected chi connectivity index (χ2v) is 3.42. The first-order valence-corrected chi connectivity index (χ1v) is 4.49. The summed E-state index contributed by atoms with van der Waals surface area (Å²) < 4.78 is 5.13. The Balaban J connectivity index is 2.84. The van der Waals surface area contributed by atoms with Crippen molar-refractivity contribution in [1.82, 2.24) is 0 Å².